The van der Waals surface area contributed by atoms with Gasteiger partial charge in [0.1, 0.15) is 0 Å². The minimum Gasteiger partial charge on any atom is -0.379 e. The van der Waals surface area contributed by atoms with Gasteiger partial charge in [0.25, 0.3) is 0 Å². The maximum absolute atomic E-state index is 8.59. The van der Waals surface area contributed by atoms with Crippen LogP contribution in [0.25, 0.3) is 0 Å². The van der Waals surface area contributed by atoms with Crippen molar-refractivity contribution < 1.29 is 4.74 Å². The van der Waals surface area contributed by atoms with Crippen LogP contribution in [0.15, 0.2) is 0 Å². The Morgan fingerprint density at radius 1 is 1.54 bits per heavy atom. The van der Waals surface area contributed by atoms with Gasteiger partial charge in [-0.15, -0.1) is 0 Å². The Bertz CT molecular complexity index is 176. The lowest BCUT2D eigenvalue weighted by molar-refractivity contribution is -0.0245. The van der Waals surface area contributed by atoms with E-state index in [9.17, 15) is 0 Å². The van der Waals surface area contributed by atoms with Crippen molar-refractivity contribution in [3.05, 3.63) is 0 Å². The summed E-state index contributed by atoms with van der Waals surface area (Å²) in [5.74, 6) is 0. The molecule has 74 valence electrons. The molecular formula is C10H19NOSi. The molecule has 1 saturated heterocycles. The summed E-state index contributed by atoms with van der Waals surface area (Å²) in [6, 6.07) is 3.54. The van der Waals surface area contributed by atoms with Gasteiger partial charge in [-0.3, -0.25) is 0 Å². The maximum atomic E-state index is 8.59. The zero-order chi connectivity index (χ0) is 9.57. The quantitative estimate of drug-likeness (QED) is 0.644. The van der Waals surface area contributed by atoms with Gasteiger partial charge in [0.2, 0.25) is 0 Å². The molecule has 3 heteroatoms. The van der Waals surface area contributed by atoms with E-state index in [2.05, 4.69) is 13.0 Å². The minimum absolute atomic E-state index is 0.125. The van der Waals surface area contributed by atoms with E-state index in [0.29, 0.717) is 6.42 Å². The molecule has 0 saturated carbocycles. The zero-order valence-corrected chi connectivity index (χ0v) is 9.93. The summed E-state index contributed by atoms with van der Waals surface area (Å²) in [6.45, 7) is 3.18. The number of nitriles is 1. The highest BCUT2D eigenvalue weighted by Gasteiger charge is 2.31. The zero-order valence-electron chi connectivity index (χ0n) is 8.51. The molecule has 1 fully saturated rings. The van der Waals surface area contributed by atoms with Crippen LogP contribution < -0.4 is 0 Å². The summed E-state index contributed by atoms with van der Waals surface area (Å²) < 4.78 is 5.92. The molecular weight excluding hydrogens is 178 g/mol. The molecule has 13 heavy (non-hydrogen) atoms. The van der Waals surface area contributed by atoms with Crippen LogP contribution in [0.5, 0.6) is 0 Å². The molecule has 0 aliphatic carbocycles. The molecule has 0 amide bonds. The predicted molar refractivity (Wildman–Crippen MR) is 56.4 cm³/mol. The molecule has 0 radical (unpaired) electrons. The topological polar surface area (TPSA) is 33.0 Å². The van der Waals surface area contributed by atoms with Gasteiger partial charge in [0.05, 0.1) is 20.8 Å². The second-order valence-electron chi connectivity index (χ2n) is 3.90. The van der Waals surface area contributed by atoms with Crippen molar-refractivity contribution in [2.45, 2.75) is 50.3 Å². The average Bonchev–Trinajstić information content (AvgIpc) is 2.17. The van der Waals surface area contributed by atoms with Gasteiger partial charge in [-0.1, -0.05) is 13.0 Å². The largest absolute Gasteiger partial charge is 0.379 e. The summed E-state index contributed by atoms with van der Waals surface area (Å²) in [5.41, 5.74) is 0. The Morgan fingerprint density at radius 3 is 2.92 bits per heavy atom. The van der Waals surface area contributed by atoms with Gasteiger partial charge in [-0.2, -0.15) is 5.26 Å². The monoisotopic (exact) mass is 197 g/mol. The van der Waals surface area contributed by atoms with Crippen LogP contribution in [0, 0.1) is 11.3 Å². The molecule has 2 nitrogen and oxygen atoms in total. The Kier molecular flexibility index (Phi) is 4.47. The van der Waals surface area contributed by atoms with Crippen molar-refractivity contribution in [3.8, 4) is 6.07 Å². The van der Waals surface area contributed by atoms with Gasteiger partial charge in [-0.05, 0) is 25.7 Å². The smallest absolute Gasteiger partial charge is 0.0622 e. The fourth-order valence-electron chi connectivity index (χ4n) is 2.17. The normalized spacial score (nSPS) is 29.2. The molecule has 0 aromatic rings. The Balaban J connectivity index is 2.46. The first kappa shape index (κ1) is 10.7. The summed E-state index contributed by atoms with van der Waals surface area (Å²) in [4.78, 5) is 0. The van der Waals surface area contributed by atoms with Crippen molar-refractivity contribution >= 4 is 9.52 Å². The van der Waals surface area contributed by atoms with Gasteiger partial charge >= 0.3 is 0 Å². The SMILES string of the molecule is CC[SiH2]C1(CCC#N)CCCCO1. The molecule has 1 aliphatic heterocycles. The number of ether oxygens (including phenoxy) is 1. The van der Waals surface area contributed by atoms with E-state index in [0.717, 1.165) is 13.0 Å². The maximum Gasteiger partial charge on any atom is 0.0622 e. The van der Waals surface area contributed by atoms with E-state index >= 15 is 0 Å². The van der Waals surface area contributed by atoms with Crippen molar-refractivity contribution in [1.29, 1.82) is 5.26 Å². The molecule has 0 N–H and O–H groups in total. The molecule has 1 unspecified atom stereocenters. The summed E-state index contributed by atoms with van der Waals surface area (Å²) in [5, 5.41) is 8.79. The lowest BCUT2D eigenvalue weighted by Crippen LogP contribution is -2.41. The lowest BCUT2D eigenvalue weighted by atomic mass is 10.0. The molecule has 1 rings (SSSR count). The second-order valence-corrected chi connectivity index (χ2v) is 6.69. The first-order chi connectivity index (χ1) is 6.33. The first-order valence-electron chi connectivity index (χ1n) is 5.34. The van der Waals surface area contributed by atoms with Crippen LogP contribution in [-0.2, 0) is 4.74 Å². The lowest BCUT2D eigenvalue weighted by Gasteiger charge is -2.36. The van der Waals surface area contributed by atoms with Crippen LogP contribution >= 0.6 is 0 Å². The molecule has 0 aromatic carbocycles. The molecule has 1 aliphatic rings. The second kappa shape index (κ2) is 5.41. The Morgan fingerprint density at radius 2 is 2.38 bits per heavy atom. The Labute approximate surface area is 83.1 Å². The number of hydrogen-bond acceptors (Lipinski definition) is 2. The van der Waals surface area contributed by atoms with E-state index in [-0.39, 0.29) is 14.7 Å². The molecule has 1 heterocycles. The Hall–Kier alpha value is -0.333. The van der Waals surface area contributed by atoms with Crippen LogP contribution in [0.3, 0.4) is 0 Å². The summed E-state index contributed by atoms with van der Waals surface area (Å²) >= 11 is 0. The van der Waals surface area contributed by atoms with Crippen LogP contribution in [-0.4, -0.2) is 21.4 Å². The van der Waals surface area contributed by atoms with Gasteiger partial charge in [0, 0.05) is 13.0 Å². The van der Waals surface area contributed by atoms with Gasteiger partial charge in [-0.25, -0.2) is 0 Å². The number of nitrogens with zero attached hydrogens (tertiary/aromatic N) is 1. The minimum atomic E-state index is -0.125. The summed E-state index contributed by atoms with van der Waals surface area (Å²) in [7, 11) is -0.125. The van der Waals surface area contributed by atoms with Gasteiger partial charge in [0.15, 0.2) is 0 Å². The third kappa shape index (κ3) is 3.13. The van der Waals surface area contributed by atoms with E-state index in [1.807, 2.05) is 0 Å². The summed E-state index contributed by atoms with van der Waals surface area (Å²) in [6.07, 6.45) is 5.40. The highest BCUT2D eigenvalue weighted by atomic mass is 28.2. The number of hydrogen-bond donors (Lipinski definition) is 0. The standard InChI is InChI=1S/C10H19NOSi/c1-2-13-10(7-5-8-11)6-3-4-9-12-10/h2-7,9,13H2,1H3. The van der Waals surface area contributed by atoms with E-state index < -0.39 is 0 Å². The average molecular weight is 197 g/mol. The van der Waals surface area contributed by atoms with Crippen LogP contribution in [0.1, 0.15) is 39.0 Å². The number of rotatable bonds is 4. The molecule has 1 atom stereocenters. The first-order valence-corrected chi connectivity index (χ1v) is 7.04. The highest BCUT2D eigenvalue weighted by molar-refractivity contribution is 6.39. The third-order valence-corrected chi connectivity index (χ3v) is 5.16. The van der Waals surface area contributed by atoms with E-state index in [4.69, 9.17) is 10.00 Å². The van der Waals surface area contributed by atoms with Crippen molar-refractivity contribution in [3.63, 3.8) is 0 Å². The van der Waals surface area contributed by atoms with Crippen molar-refractivity contribution in [1.82, 2.24) is 0 Å². The van der Waals surface area contributed by atoms with E-state index in [1.165, 1.54) is 25.3 Å². The van der Waals surface area contributed by atoms with Crippen LogP contribution in [0.4, 0.5) is 0 Å². The van der Waals surface area contributed by atoms with Crippen molar-refractivity contribution in [2.24, 2.45) is 0 Å². The third-order valence-electron chi connectivity index (χ3n) is 2.83. The predicted octanol–water partition coefficient (Wildman–Crippen LogP) is 1.79. The van der Waals surface area contributed by atoms with Crippen LogP contribution in [0.2, 0.25) is 6.04 Å². The highest BCUT2D eigenvalue weighted by Crippen LogP contribution is 2.29. The van der Waals surface area contributed by atoms with Gasteiger partial charge < -0.3 is 4.74 Å². The van der Waals surface area contributed by atoms with E-state index in [1.54, 1.807) is 0 Å². The molecule has 0 spiro atoms. The fraction of sp³-hybridized carbons (Fsp3) is 0.900. The fourth-order valence-corrected chi connectivity index (χ4v) is 4.30. The van der Waals surface area contributed by atoms with Crippen molar-refractivity contribution in [2.75, 3.05) is 6.61 Å². The molecule has 0 bridgehead atoms. The molecule has 0 aromatic heterocycles.